The van der Waals surface area contributed by atoms with E-state index in [0.717, 1.165) is 33.2 Å². The zero-order chi connectivity index (χ0) is 15.7. The first kappa shape index (κ1) is 14.6. The number of benzene rings is 2. The van der Waals surface area contributed by atoms with Gasteiger partial charge < -0.3 is 16.4 Å². The molecule has 1 heterocycles. The van der Waals surface area contributed by atoms with Crippen molar-refractivity contribution in [2.75, 3.05) is 23.4 Å². The minimum absolute atomic E-state index is 0.199. The van der Waals surface area contributed by atoms with E-state index in [1.165, 1.54) is 0 Å². The minimum atomic E-state index is 0.199. The molecule has 0 unspecified atom stereocenters. The van der Waals surface area contributed by atoms with Gasteiger partial charge in [-0.3, -0.25) is 0 Å². The molecule has 2 aromatic carbocycles. The van der Waals surface area contributed by atoms with E-state index >= 15 is 0 Å². The Balaban J connectivity index is 1.89. The van der Waals surface area contributed by atoms with Crippen molar-refractivity contribution in [3.8, 4) is 0 Å². The van der Waals surface area contributed by atoms with E-state index in [4.69, 9.17) is 11.5 Å². The first-order valence-corrected chi connectivity index (χ1v) is 7.60. The zero-order valence-corrected chi connectivity index (χ0v) is 13.7. The lowest BCUT2D eigenvalue weighted by Gasteiger charge is -2.19. The van der Waals surface area contributed by atoms with Crippen LogP contribution in [0.3, 0.4) is 0 Å². The third-order valence-corrected chi connectivity index (χ3v) is 4.02. The summed E-state index contributed by atoms with van der Waals surface area (Å²) in [4.78, 5) is 10.4. The monoisotopic (exact) mass is 357 g/mol. The molecule has 0 spiro atoms. The van der Waals surface area contributed by atoms with Crippen molar-refractivity contribution in [3.63, 3.8) is 0 Å². The van der Waals surface area contributed by atoms with E-state index in [0.29, 0.717) is 5.82 Å². The van der Waals surface area contributed by atoms with Crippen molar-refractivity contribution < 1.29 is 0 Å². The summed E-state index contributed by atoms with van der Waals surface area (Å²) in [5.74, 6) is 0.611. The van der Waals surface area contributed by atoms with Crippen LogP contribution in [0.5, 0.6) is 0 Å². The molecule has 0 aliphatic heterocycles. The maximum absolute atomic E-state index is 5.93. The molecule has 4 N–H and O–H groups in total. The maximum Gasteiger partial charge on any atom is 0.222 e. The van der Waals surface area contributed by atoms with Crippen LogP contribution in [0.15, 0.2) is 46.9 Å². The second-order valence-corrected chi connectivity index (χ2v) is 6.07. The van der Waals surface area contributed by atoms with Crippen molar-refractivity contribution in [1.82, 2.24) is 9.97 Å². The van der Waals surface area contributed by atoms with E-state index < -0.39 is 0 Å². The third kappa shape index (κ3) is 2.96. The number of hydrogen-bond acceptors (Lipinski definition) is 5. The number of nitrogens with two attached hydrogens (primary N) is 2. The maximum atomic E-state index is 5.93. The van der Waals surface area contributed by atoms with Gasteiger partial charge in [0.1, 0.15) is 5.82 Å². The van der Waals surface area contributed by atoms with Gasteiger partial charge in [-0.25, -0.2) is 4.98 Å². The van der Waals surface area contributed by atoms with Crippen LogP contribution in [0.4, 0.5) is 17.5 Å². The Morgan fingerprint density at radius 3 is 2.50 bits per heavy atom. The van der Waals surface area contributed by atoms with E-state index in [-0.39, 0.29) is 5.95 Å². The van der Waals surface area contributed by atoms with Crippen LogP contribution in [0, 0.1) is 0 Å². The van der Waals surface area contributed by atoms with Gasteiger partial charge in [0.15, 0.2) is 0 Å². The summed E-state index contributed by atoms with van der Waals surface area (Å²) in [6.07, 6.45) is 0. The molecule has 0 saturated carbocycles. The van der Waals surface area contributed by atoms with Crippen LogP contribution in [-0.4, -0.2) is 17.0 Å². The summed E-state index contributed by atoms with van der Waals surface area (Å²) >= 11 is 3.45. The normalized spacial score (nSPS) is 10.8. The van der Waals surface area contributed by atoms with Gasteiger partial charge in [-0.1, -0.05) is 22.0 Å². The number of anilines is 3. The minimum Gasteiger partial charge on any atom is -0.383 e. The highest BCUT2D eigenvalue weighted by Gasteiger charge is 2.07. The molecule has 0 fully saturated rings. The number of fused-ring (bicyclic) bond motifs is 1. The Hall–Kier alpha value is -2.34. The highest BCUT2D eigenvalue weighted by Crippen LogP contribution is 2.23. The molecule has 0 amide bonds. The first-order valence-electron chi connectivity index (χ1n) is 6.81. The SMILES string of the molecule is CN(Cc1ccc2nc(N)nc(N)c2c1)c1ccc(Br)cc1. The van der Waals surface area contributed by atoms with Gasteiger partial charge in [0.05, 0.1) is 5.52 Å². The van der Waals surface area contributed by atoms with Gasteiger partial charge in [-0.05, 0) is 42.0 Å². The quantitative estimate of drug-likeness (QED) is 0.752. The van der Waals surface area contributed by atoms with Crippen LogP contribution in [0.25, 0.3) is 10.9 Å². The molecule has 6 heteroatoms. The van der Waals surface area contributed by atoms with Crippen LogP contribution in [0.1, 0.15) is 5.56 Å². The predicted octanol–water partition coefficient (Wildman–Crippen LogP) is 3.19. The van der Waals surface area contributed by atoms with E-state index in [1.54, 1.807) is 0 Å². The lowest BCUT2D eigenvalue weighted by Crippen LogP contribution is -2.16. The van der Waals surface area contributed by atoms with Crippen LogP contribution in [-0.2, 0) is 6.54 Å². The molecule has 0 bridgehead atoms. The second kappa shape index (κ2) is 5.81. The second-order valence-electron chi connectivity index (χ2n) is 5.15. The molecule has 3 rings (SSSR count). The summed E-state index contributed by atoms with van der Waals surface area (Å²) in [7, 11) is 2.05. The first-order chi connectivity index (χ1) is 10.5. The summed E-state index contributed by atoms with van der Waals surface area (Å²) in [5, 5.41) is 0.830. The summed E-state index contributed by atoms with van der Waals surface area (Å²) in [6, 6.07) is 14.2. The van der Waals surface area contributed by atoms with Crippen LogP contribution < -0.4 is 16.4 Å². The average molecular weight is 358 g/mol. The largest absolute Gasteiger partial charge is 0.383 e. The van der Waals surface area contributed by atoms with Gasteiger partial charge in [-0.15, -0.1) is 0 Å². The third-order valence-electron chi connectivity index (χ3n) is 3.49. The molecule has 0 radical (unpaired) electrons. The van der Waals surface area contributed by atoms with Crippen molar-refractivity contribution in [1.29, 1.82) is 0 Å². The summed E-state index contributed by atoms with van der Waals surface area (Å²) < 4.78 is 1.07. The Bertz CT molecular complexity index is 817. The van der Waals surface area contributed by atoms with Crippen molar-refractivity contribution in [3.05, 3.63) is 52.5 Å². The number of halogens is 1. The summed E-state index contributed by atoms with van der Waals surface area (Å²) in [5.41, 5.74) is 14.6. The van der Waals surface area contributed by atoms with Crippen molar-refractivity contribution >= 4 is 44.3 Å². The van der Waals surface area contributed by atoms with Gasteiger partial charge >= 0.3 is 0 Å². The van der Waals surface area contributed by atoms with Crippen LogP contribution >= 0.6 is 15.9 Å². The van der Waals surface area contributed by atoms with Gasteiger partial charge in [0, 0.05) is 29.1 Å². The average Bonchev–Trinajstić information content (AvgIpc) is 2.48. The van der Waals surface area contributed by atoms with E-state index in [9.17, 15) is 0 Å². The van der Waals surface area contributed by atoms with Crippen molar-refractivity contribution in [2.24, 2.45) is 0 Å². The van der Waals surface area contributed by atoms with Crippen LogP contribution in [0.2, 0.25) is 0 Å². The molecular formula is C16H16BrN5. The molecule has 22 heavy (non-hydrogen) atoms. The fourth-order valence-corrected chi connectivity index (χ4v) is 2.64. The Morgan fingerprint density at radius 2 is 1.77 bits per heavy atom. The predicted molar refractivity (Wildman–Crippen MR) is 94.6 cm³/mol. The number of aromatic nitrogens is 2. The molecule has 112 valence electrons. The molecule has 0 saturated heterocycles. The van der Waals surface area contributed by atoms with Gasteiger partial charge in [0.25, 0.3) is 0 Å². The van der Waals surface area contributed by atoms with E-state index in [1.807, 2.05) is 30.3 Å². The highest BCUT2D eigenvalue weighted by molar-refractivity contribution is 9.10. The number of hydrogen-bond donors (Lipinski definition) is 2. The van der Waals surface area contributed by atoms with E-state index in [2.05, 4.69) is 50.0 Å². The highest BCUT2D eigenvalue weighted by atomic mass is 79.9. The number of nitrogen functional groups attached to an aromatic ring is 2. The number of rotatable bonds is 3. The standard InChI is InChI=1S/C16H16BrN5/c1-22(12-5-3-11(17)4-6-12)9-10-2-7-14-13(8-10)15(18)21-16(19)20-14/h2-8H,9H2,1H3,(H4,18,19,20,21). The molecule has 1 aromatic heterocycles. The Morgan fingerprint density at radius 1 is 1.05 bits per heavy atom. The molecule has 0 aliphatic rings. The molecule has 5 nitrogen and oxygen atoms in total. The van der Waals surface area contributed by atoms with Crippen molar-refractivity contribution in [2.45, 2.75) is 6.54 Å². The lowest BCUT2D eigenvalue weighted by atomic mass is 10.1. The smallest absolute Gasteiger partial charge is 0.222 e. The Kier molecular flexibility index (Phi) is 3.85. The van der Waals surface area contributed by atoms with Gasteiger partial charge in [-0.2, -0.15) is 4.98 Å². The lowest BCUT2D eigenvalue weighted by molar-refractivity contribution is 0.924. The molecule has 0 aliphatic carbocycles. The summed E-state index contributed by atoms with van der Waals surface area (Å²) in [6.45, 7) is 0.765. The zero-order valence-electron chi connectivity index (χ0n) is 12.1. The molecule has 0 atom stereocenters. The fourth-order valence-electron chi connectivity index (χ4n) is 2.38. The molecular weight excluding hydrogens is 342 g/mol. The fraction of sp³-hybridized carbons (Fsp3) is 0.125. The molecule has 3 aromatic rings. The topological polar surface area (TPSA) is 81.1 Å². The number of nitrogens with zero attached hydrogens (tertiary/aromatic N) is 3. The van der Waals surface area contributed by atoms with Gasteiger partial charge in [0.2, 0.25) is 5.95 Å². The Labute approximate surface area is 137 Å².